The van der Waals surface area contributed by atoms with Gasteiger partial charge in [0.15, 0.2) is 11.5 Å². The topological polar surface area (TPSA) is 72.8 Å². The third kappa shape index (κ3) is 3.38. The predicted octanol–water partition coefficient (Wildman–Crippen LogP) is 1.31. The molecule has 1 aliphatic heterocycles. The van der Waals surface area contributed by atoms with Gasteiger partial charge in [-0.1, -0.05) is 6.92 Å². The van der Waals surface area contributed by atoms with Gasteiger partial charge in [0, 0.05) is 18.2 Å². The molecular weight excluding hydrogens is 244 g/mol. The van der Waals surface area contributed by atoms with Crippen LogP contribution in [0.1, 0.15) is 30.1 Å². The van der Waals surface area contributed by atoms with Crippen molar-refractivity contribution in [3.8, 4) is 11.5 Å². The van der Waals surface area contributed by atoms with Gasteiger partial charge in [-0.25, -0.2) is 0 Å². The molecule has 19 heavy (non-hydrogen) atoms. The first-order valence-corrected chi connectivity index (χ1v) is 6.65. The monoisotopic (exact) mass is 264 g/mol. The molecule has 1 saturated heterocycles. The Morgan fingerprint density at radius 2 is 2.21 bits per heavy atom. The summed E-state index contributed by atoms with van der Waals surface area (Å²) in [6, 6.07) is 4.26. The molecule has 0 spiro atoms. The Bertz CT molecular complexity index is 462. The molecule has 0 radical (unpaired) electrons. The van der Waals surface area contributed by atoms with Crippen LogP contribution in [0.15, 0.2) is 18.2 Å². The van der Waals surface area contributed by atoms with Crippen molar-refractivity contribution in [2.75, 3.05) is 19.6 Å². The minimum atomic E-state index is -0.272. The van der Waals surface area contributed by atoms with Gasteiger partial charge in [-0.15, -0.1) is 0 Å². The summed E-state index contributed by atoms with van der Waals surface area (Å²) < 4.78 is 0. The SMILES string of the molecule is CCN1CCCC(NC(=O)c2ccc(O)c(O)c2)C1. The second-order valence-corrected chi connectivity index (χ2v) is 4.91. The highest BCUT2D eigenvalue weighted by Gasteiger charge is 2.21. The molecule has 1 atom stereocenters. The maximum Gasteiger partial charge on any atom is 0.251 e. The molecule has 0 aromatic heterocycles. The lowest BCUT2D eigenvalue weighted by Crippen LogP contribution is -2.47. The zero-order chi connectivity index (χ0) is 13.8. The smallest absolute Gasteiger partial charge is 0.251 e. The van der Waals surface area contributed by atoms with E-state index in [4.69, 9.17) is 0 Å². The van der Waals surface area contributed by atoms with E-state index in [-0.39, 0.29) is 23.4 Å². The fraction of sp³-hybridized carbons (Fsp3) is 0.500. The first-order valence-electron chi connectivity index (χ1n) is 6.65. The van der Waals surface area contributed by atoms with Crippen molar-refractivity contribution < 1.29 is 15.0 Å². The molecule has 2 rings (SSSR count). The third-order valence-corrected chi connectivity index (χ3v) is 3.53. The highest BCUT2D eigenvalue weighted by molar-refractivity contribution is 5.95. The summed E-state index contributed by atoms with van der Waals surface area (Å²) in [6.45, 7) is 5.06. The van der Waals surface area contributed by atoms with E-state index < -0.39 is 0 Å². The summed E-state index contributed by atoms with van der Waals surface area (Å²) in [5.74, 6) is -0.698. The number of nitrogens with one attached hydrogen (secondary N) is 1. The molecule has 0 saturated carbocycles. The molecule has 1 unspecified atom stereocenters. The van der Waals surface area contributed by atoms with Crippen molar-refractivity contribution in [3.05, 3.63) is 23.8 Å². The van der Waals surface area contributed by atoms with Crippen LogP contribution in [0.25, 0.3) is 0 Å². The number of likely N-dealkylation sites (N-methyl/N-ethyl adjacent to an activating group) is 1. The summed E-state index contributed by atoms with van der Waals surface area (Å²) in [5.41, 5.74) is 0.365. The Kier molecular flexibility index (Phi) is 4.27. The van der Waals surface area contributed by atoms with Gasteiger partial charge in [0.25, 0.3) is 5.91 Å². The Balaban J connectivity index is 1.98. The molecule has 1 heterocycles. The highest BCUT2D eigenvalue weighted by atomic mass is 16.3. The predicted molar refractivity (Wildman–Crippen MR) is 72.4 cm³/mol. The van der Waals surface area contributed by atoms with Crippen LogP contribution in [-0.2, 0) is 0 Å². The number of carbonyl (C=O) groups is 1. The minimum absolute atomic E-state index is 0.150. The maximum absolute atomic E-state index is 12.0. The van der Waals surface area contributed by atoms with Crippen LogP contribution in [0, 0.1) is 0 Å². The van der Waals surface area contributed by atoms with E-state index in [1.807, 2.05) is 0 Å². The Labute approximate surface area is 112 Å². The molecule has 1 fully saturated rings. The van der Waals surface area contributed by atoms with Gasteiger partial charge in [0.05, 0.1) is 0 Å². The van der Waals surface area contributed by atoms with E-state index in [0.29, 0.717) is 5.56 Å². The van der Waals surface area contributed by atoms with Crippen LogP contribution < -0.4 is 5.32 Å². The second-order valence-electron chi connectivity index (χ2n) is 4.91. The number of benzene rings is 1. The molecule has 3 N–H and O–H groups in total. The number of likely N-dealkylation sites (tertiary alicyclic amines) is 1. The Morgan fingerprint density at radius 3 is 2.89 bits per heavy atom. The molecule has 1 aliphatic rings. The van der Waals surface area contributed by atoms with Gasteiger partial charge < -0.3 is 20.4 Å². The van der Waals surface area contributed by atoms with Crippen LogP contribution in [0.4, 0.5) is 0 Å². The van der Waals surface area contributed by atoms with Gasteiger partial charge >= 0.3 is 0 Å². The van der Waals surface area contributed by atoms with E-state index >= 15 is 0 Å². The normalized spacial score (nSPS) is 20.2. The van der Waals surface area contributed by atoms with Gasteiger partial charge in [-0.2, -0.15) is 0 Å². The lowest BCUT2D eigenvalue weighted by atomic mass is 10.0. The highest BCUT2D eigenvalue weighted by Crippen LogP contribution is 2.24. The molecule has 104 valence electrons. The number of phenols is 2. The number of aromatic hydroxyl groups is 2. The number of piperidine rings is 1. The number of phenolic OH excluding ortho intramolecular Hbond substituents is 2. The summed E-state index contributed by atoms with van der Waals surface area (Å²) in [4.78, 5) is 14.4. The average Bonchev–Trinajstić information content (AvgIpc) is 2.42. The van der Waals surface area contributed by atoms with Crippen molar-refractivity contribution >= 4 is 5.91 Å². The quantitative estimate of drug-likeness (QED) is 0.720. The third-order valence-electron chi connectivity index (χ3n) is 3.53. The summed E-state index contributed by atoms with van der Waals surface area (Å²) in [5, 5.41) is 21.6. The number of hydrogen-bond acceptors (Lipinski definition) is 4. The van der Waals surface area contributed by atoms with Crippen LogP contribution in [0.5, 0.6) is 11.5 Å². The number of amides is 1. The number of rotatable bonds is 3. The standard InChI is InChI=1S/C14H20N2O3/c1-2-16-7-3-4-11(9-16)15-14(19)10-5-6-12(17)13(18)8-10/h5-6,8,11,17-18H,2-4,7,9H2,1H3,(H,15,19). The molecule has 5 heteroatoms. The van der Waals surface area contributed by atoms with Gasteiger partial charge in [-0.05, 0) is 44.1 Å². The first kappa shape index (κ1) is 13.7. The molecule has 0 aliphatic carbocycles. The van der Waals surface area contributed by atoms with Crippen molar-refractivity contribution in [1.82, 2.24) is 10.2 Å². The number of hydrogen-bond donors (Lipinski definition) is 3. The van der Waals surface area contributed by atoms with Gasteiger partial charge in [0.1, 0.15) is 0 Å². The Morgan fingerprint density at radius 1 is 1.42 bits per heavy atom. The molecule has 0 bridgehead atoms. The van der Waals surface area contributed by atoms with Crippen LogP contribution in [0.3, 0.4) is 0 Å². The van der Waals surface area contributed by atoms with Crippen molar-refractivity contribution in [2.24, 2.45) is 0 Å². The maximum atomic E-state index is 12.0. The molecule has 1 aromatic carbocycles. The zero-order valence-corrected chi connectivity index (χ0v) is 11.1. The minimum Gasteiger partial charge on any atom is -0.504 e. The molecule has 1 aromatic rings. The lowest BCUT2D eigenvalue weighted by Gasteiger charge is -2.32. The van der Waals surface area contributed by atoms with Crippen molar-refractivity contribution in [2.45, 2.75) is 25.8 Å². The van der Waals surface area contributed by atoms with Crippen molar-refractivity contribution in [1.29, 1.82) is 0 Å². The average molecular weight is 264 g/mol. The number of carbonyl (C=O) groups excluding carboxylic acids is 1. The van der Waals surface area contributed by atoms with Gasteiger partial charge in [0.2, 0.25) is 0 Å². The largest absolute Gasteiger partial charge is 0.504 e. The molecule has 1 amide bonds. The fourth-order valence-corrected chi connectivity index (χ4v) is 2.39. The van der Waals surface area contributed by atoms with E-state index in [9.17, 15) is 15.0 Å². The van der Waals surface area contributed by atoms with E-state index in [2.05, 4.69) is 17.1 Å². The van der Waals surface area contributed by atoms with Crippen LogP contribution in [0.2, 0.25) is 0 Å². The zero-order valence-electron chi connectivity index (χ0n) is 11.1. The first-order chi connectivity index (χ1) is 9.10. The van der Waals surface area contributed by atoms with Crippen LogP contribution >= 0.6 is 0 Å². The van der Waals surface area contributed by atoms with E-state index in [1.54, 1.807) is 0 Å². The summed E-state index contributed by atoms with van der Waals surface area (Å²) in [7, 11) is 0. The van der Waals surface area contributed by atoms with Crippen molar-refractivity contribution in [3.63, 3.8) is 0 Å². The molecule has 5 nitrogen and oxygen atoms in total. The van der Waals surface area contributed by atoms with Crippen LogP contribution in [-0.4, -0.2) is 46.7 Å². The summed E-state index contributed by atoms with van der Waals surface area (Å²) >= 11 is 0. The van der Waals surface area contributed by atoms with E-state index in [1.165, 1.54) is 18.2 Å². The summed E-state index contributed by atoms with van der Waals surface area (Å²) in [6.07, 6.45) is 2.06. The molecular formula is C14H20N2O3. The Hall–Kier alpha value is -1.75. The fourth-order valence-electron chi connectivity index (χ4n) is 2.39. The number of nitrogens with zero attached hydrogens (tertiary/aromatic N) is 1. The van der Waals surface area contributed by atoms with Gasteiger partial charge in [-0.3, -0.25) is 4.79 Å². The van der Waals surface area contributed by atoms with E-state index in [0.717, 1.165) is 32.5 Å². The second kappa shape index (κ2) is 5.93. The lowest BCUT2D eigenvalue weighted by molar-refractivity contribution is 0.0905.